The number of rotatable bonds is 3. The van der Waals surface area contributed by atoms with Crippen LogP contribution in [0.15, 0.2) is 18.2 Å². The molecule has 1 atom stereocenters. The van der Waals surface area contributed by atoms with Crippen molar-refractivity contribution in [3.63, 3.8) is 0 Å². The Morgan fingerprint density at radius 2 is 2.25 bits per heavy atom. The first-order valence-electron chi connectivity index (χ1n) is 6.27. The molecule has 16 heavy (non-hydrogen) atoms. The van der Waals surface area contributed by atoms with Crippen molar-refractivity contribution < 1.29 is 0 Å². The van der Waals surface area contributed by atoms with Gasteiger partial charge in [0.2, 0.25) is 0 Å². The summed E-state index contributed by atoms with van der Waals surface area (Å²) in [5.74, 6) is 0.787. The van der Waals surface area contributed by atoms with Crippen molar-refractivity contribution in [3.05, 3.63) is 29.3 Å². The van der Waals surface area contributed by atoms with E-state index in [0.29, 0.717) is 0 Å². The lowest BCUT2D eigenvalue weighted by atomic mass is 9.99. The quantitative estimate of drug-likeness (QED) is 0.815. The van der Waals surface area contributed by atoms with Crippen LogP contribution in [0.1, 0.15) is 24.0 Å². The lowest BCUT2D eigenvalue weighted by molar-refractivity contribution is 0.393. The number of hydrogen-bond donors (Lipinski definition) is 2. The van der Waals surface area contributed by atoms with Gasteiger partial charge in [-0.3, -0.25) is 0 Å². The molecule has 1 saturated heterocycles. The topological polar surface area (TPSA) is 24.1 Å². The molecule has 1 unspecified atom stereocenters. The van der Waals surface area contributed by atoms with Crippen LogP contribution in [-0.4, -0.2) is 19.6 Å². The van der Waals surface area contributed by atoms with Crippen molar-refractivity contribution in [2.75, 3.05) is 25.0 Å². The summed E-state index contributed by atoms with van der Waals surface area (Å²) in [5, 5.41) is 7.02. The zero-order chi connectivity index (χ0) is 11.4. The van der Waals surface area contributed by atoms with E-state index in [4.69, 9.17) is 0 Å². The summed E-state index contributed by atoms with van der Waals surface area (Å²) in [6.07, 6.45) is 2.67. The van der Waals surface area contributed by atoms with Crippen LogP contribution in [0.2, 0.25) is 0 Å². The highest BCUT2D eigenvalue weighted by Crippen LogP contribution is 2.17. The Balaban J connectivity index is 1.88. The molecular formula is C14H22N2. The van der Waals surface area contributed by atoms with Crippen molar-refractivity contribution >= 4 is 5.69 Å². The third-order valence-corrected chi connectivity index (χ3v) is 3.36. The predicted molar refractivity (Wildman–Crippen MR) is 70.0 cm³/mol. The van der Waals surface area contributed by atoms with E-state index in [1.165, 1.54) is 36.2 Å². The highest BCUT2D eigenvalue weighted by atomic mass is 14.9. The maximum Gasteiger partial charge on any atom is 0.0370 e. The molecule has 0 aromatic heterocycles. The zero-order valence-electron chi connectivity index (χ0n) is 10.3. The minimum atomic E-state index is 0.787. The first-order valence-corrected chi connectivity index (χ1v) is 6.27. The maximum absolute atomic E-state index is 3.57. The highest BCUT2D eigenvalue weighted by molar-refractivity contribution is 5.51. The van der Waals surface area contributed by atoms with Gasteiger partial charge in [0.15, 0.2) is 0 Å². The Kier molecular flexibility index (Phi) is 3.83. The van der Waals surface area contributed by atoms with Crippen molar-refractivity contribution in [1.29, 1.82) is 0 Å². The molecule has 88 valence electrons. The molecule has 2 heteroatoms. The average molecular weight is 218 g/mol. The Labute approximate surface area is 98.4 Å². The summed E-state index contributed by atoms with van der Waals surface area (Å²) in [6, 6.07) is 6.61. The van der Waals surface area contributed by atoms with E-state index in [9.17, 15) is 0 Å². The van der Waals surface area contributed by atoms with E-state index in [2.05, 4.69) is 42.7 Å². The summed E-state index contributed by atoms with van der Waals surface area (Å²) >= 11 is 0. The zero-order valence-corrected chi connectivity index (χ0v) is 10.3. The van der Waals surface area contributed by atoms with Crippen LogP contribution < -0.4 is 10.6 Å². The SMILES string of the molecule is Cc1ccc(NCC2CCCNC2)c(C)c1. The molecule has 1 fully saturated rings. The van der Waals surface area contributed by atoms with Gasteiger partial charge in [0.25, 0.3) is 0 Å². The van der Waals surface area contributed by atoms with Gasteiger partial charge in [0.1, 0.15) is 0 Å². The summed E-state index contributed by atoms with van der Waals surface area (Å²) in [7, 11) is 0. The molecule has 2 N–H and O–H groups in total. The standard InChI is InChI=1S/C14H22N2/c1-11-5-6-14(12(2)8-11)16-10-13-4-3-7-15-9-13/h5-6,8,13,15-16H,3-4,7,9-10H2,1-2H3. The fourth-order valence-corrected chi connectivity index (χ4v) is 2.36. The molecule has 1 heterocycles. The van der Waals surface area contributed by atoms with E-state index in [0.717, 1.165) is 19.0 Å². The lowest BCUT2D eigenvalue weighted by Crippen LogP contribution is -2.33. The molecular weight excluding hydrogens is 196 g/mol. The van der Waals surface area contributed by atoms with Crippen LogP contribution in [0.4, 0.5) is 5.69 Å². The summed E-state index contributed by atoms with van der Waals surface area (Å²) in [4.78, 5) is 0. The fourth-order valence-electron chi connectivity index (χ4n) is 2.36. The van der Waals surface area contributed by atoms with Crippen molar-refractivity contribution in [2.45, 2.75) is 26.7 Å². The molecule has 0 amide bonds. The number of benzene rings is 1. The van der Waals surface area contributed by atoms with Gasteiger partial charge in [-0.15, -0.1) is 0 Å². The lowest BCUT2D eigenvalue weighted by Gasteiger charge is -2.23. The third-order valence-electron chi connectivity index (χ3n) is 3.36. The van der Waals surface area contributed by atoms with E-state index in [-0.39, 0.29) is 0 Å². The minimum absolute atomic E-state index is 0.787. The van der Waals surface area contributed by atoms with Gasteiger partial charge in [0, 0.05) is 12.2 Å². The van der Waals surface area contributed by atoms with Crippen LogP contribution in [-0.2, 0) is 0 Å². The second-order valence-corrected chi connectivity index (χ2v) is 4.91. The van der Waals surface area contributed by atoms with Gasteiger partial charge in [-0.2, -0.15) is 0 Å². The van der Waals surface area contributed by atoms with Crippen LogP contribution in [0.25, 0.3) is 0 Å². The van der Waals surface area contributed by atoms with E-state index in [1.807, 2.05) is 0 Å². The van der Waals surface area contributed by atoms with Gasteiger partial charge in [0.05, 0.1) is 0 Å². The van der Waals surface area contributed by atoms with Crippen LogP contribution >= 0.6 is 0 Å². The van der Waals surface area contributed by atoms with E-state index >= 15 is 0 Å². The normalized spacial score (nSPS) is 20.8. The Hall–Kier alpha value is -1.02. The summed E-state index contributed by atoms with van der Waals surface area (Å²) < 4.78 is 0. The molecule has 0 spiro atoms. The number of aryl methyl sites for hydroxylation is 2. The van der Waals surface area contributed by atoms with Crippen molar-refractivity contribution in [1.82, 2.24) is 5.32 Å². The molecule has 1 aromatic rings. The molecule has 0 saturated carbocycles. The number of nitrogens with one attached hydrogen (secondary N) is 2. The van der Waals surface area contributed by atoms with Gasteiger partial charge in [-0.05, 0) is 57.3 Å². The molecule has 2 rings (SSSR count). The Bertz CT molecular complexity index is 341. The number of piperidine rings is 1. The fraction of sp³-hybridized carbons (Fsp3) is 0.571. The molecule has 1 aromatic carbocycles. The van der Waals surface area contributed by atoms with Gasteiger partial charge in [-0.1, -0.05) is 17.7 Å². The smallest absolute Gasteiger partial charge is 0.0370 e. The largest absolute Gasteiger partial charge is 0.385 e. The second kappa shape index (κ2) is 5.35. The Morgan fingerprint density at radius 1 is 1.38 bits per heavy atom. The molecule has 0 aliphatic carbocycles. The van der Waals surface area contributed by atoms with Gasteiger partial charge >= 0.3 is 0 Å². The maximum atomic E-state index is 3.57. The summed E-state index contributed by atoms with van der Waals surface area (Å²) in [6.45, 7) is 7.77. The number of anilines is 1. The molecule has 0 bridgehead atoms. The molecule has 1 aliphatic rings. The van der Waals surface area contributed by atoms with Gasteiger partial charge in [-0.25, -0.2) is 0 Å². The highest BCUT2D eigenvalue weighted by Gasteiger charge is 2.12. The third kappa shape index (κ3) is 2.99. The summed E-state index contributed by atoms with van der Waals surface area (Å²) in [5.41, 5.74) is 3.97. The first kappa shape index (κ1) is 11.5. The van der Waals surface area contributed by atoms with E-state index in [1.54, 1.807) is 0 Å². The van der Waals surface area contributed by atoms with Crippen LogP contribution in [0, 0.1) is 19.8 Å². The minimum Gasteiger partial charge on any atom is -0.385 e. The van der Waals surface area contributed by atoms with Crippen LogP contribution in [0.3, 0.4) is 0 Å². The first-order chi connectivity index (χ1) is 7.75. The molecule has 0 radical (unpaired) electrons. The van der Waals surface area contributed by atoms with Crippen LogP contribution in [0.5, 0.6) is 0 Å². The monoisotopic (exact) mass is 218 g/mol. The van der Waals surface area contributed by atoms with Gasteiger partial charge < -0.3 is 10.6 Å². The Morgan fingerprint density at radius 3 is 2.94 bits per heavy atom. The van der Waals surface area contributed by atoms with Crippen molar-refractivity contribution in [3.8, 4) is 0 Å². The second-order valence-electron chi connectivity index (χ2n) is 4.91. The van der Waals surface area contributed by atoms with E-state index < -0.39 is 0 Å². The average Bonchev–Trinajstić information content (AvgIpc) is 2.29. The molecule has 2 nitrogen and oxygen atoms in total. The molecule has 1 aliphatic heterocycles. The number of hydrogen-bond acceptors (Lipinski definition) is 2. The predicted octanol–water partition coefficient (Wildman–Crippen LogP) is 2.71. The van der Waals surface area contributed by atoms with Crippen molar-refractivity contribution in [2.24, 2.45) is 5.92 Å².